The van der Waals surface area contributed by atoms with Gasteiger partial charge in [-0.15, -0.1) is 0 Å². The first-order chi connectivity index (χ1) is 8.60. The summed E-state index contributed by atoms with van der Waals surface area (Å²) in [5.74, 6) is -0.172. The van der Waals surface area contributed by atoms with Crippen molar-refractivity contribution >= 4 is 11.6 Å². The second-order valence-corrected chi connectivity index (χ2v) is 4.01. The lowest BCUT2D eigenvalue weighted by Gasteiger charge is -2.07. The fourth-order valence-corrected chi connectivity index (χ4v) is 1.54. The van der Waals surface area contributed by atoms with Crippen molar-refractivity contribution in [3.8, 4) is 11.8 Å². The topological polar surface area (TPSA) is 55.2 Å². The summed E-state index contributed by atoms with van der Waals surface area (Å²) in [7, 11) is 0. The van der Waals surface area contributed by atoms with Crippen LogP contribution in [-0.2, 0) is 6.61 Å². The van der Waals surface area contributed by atoms with Gasteiger partial charge in [0, 0.05) is 11.8 Å². The molecule has 1 N–H and O–H groups in total. The van der Waals surface area contributed by atoms with Gasteiger partial charge in [-0.25, -0.2) is 9.37 Å². The number of ether oxygens (including phenoxy) is 1. The van der Waals surface area contributed by atoms with E-state index in [0.717, 1.165) is 6.07 Å². The van der Waals surface area contributed by atoms with Gasteiger partial charge in [0.2, 0.25) is 0 Å². The zero-order valence-electron chi connectivity index (χ0n) is 9.52. The summed E-state index contributed by atoms with van der Waals surface area (Å²) in [5, 5.41) is 9.13. The number of hydrogen-bond acceptors (Lipinski definition) is 4. The summed E-state index contributed by atoms with van der Waals surface area (Å²) in [6, 6.07) is 3.87. The van der Waals surface area contributed by atoms with E-state index in [9.17, 15) is 4.39 Å². The van der Waals surface area contributed by atoms with Crippen molar-refractivity contribution < 1.29 is 14.2 Å². The third-order valence-corrected chi connectivity index (χ3v) is 2.62. The van der Waals surface area contributed by atoms with Crippen LogP contribution in [0.4, 0.5) is 4.39 Å². The minimum Gasteiger partial charge on any atom is -0.423 e. The van der Waals surface area contributed by atoms with Crippen molar-refractivity contribution in [1.29, 1.82) is 0 Å². The lowest BCUT2D eigenvalue weighted by molar-refractivity contribution is 0.279. The zero-order valence-corrected chi connectivity index (χ0v) is 10.3. The highest BCUT2D eigenvalue weighted by Crippen LogP contribution is 2.28. The first-order valence-corrected chi connectivity index (χ1v) is 5.54. The average molecular weight is 269 g/mol. The fraction of sp³-hybridized carbons (Fsp3) is 0.167. The highest BCUT2D eigenvalue weighted by atomic mass is 35.5. The number of aliphatic hydroxyl groups excluding tert-OH is 1. The summed E-state index contributed by atoms with van der Waals surface area (Å²) in [4.78, 5) is 7.98. The molecule has 0 fully saturated rings. The monoisotopic (exact) mass is 268 g/mol. The van der Waals surface area contributed by atoms with Crippen molar-refractivity contribution in [3.05, 3.63) is 46.5 Å². The third-order valence-electron chi connectivity index (χ3n) is 2.32. The predicted octanol–water partition coefficient (Wildman–Crippen LogP) is 2.86. The molecule has 2 rings (SSSR count). The molecule has 4 nitrogen and oxygen atoms in total. The molecule has 2 aromatic rings. The normalized spacial score (nSPS) is 10.4. The van der Waals surface area contributed by atoms with Gasteiger partial charge in [-0.2, -0.15) is 4.98 Å². The summed E-state index contributed by atoms with van der Waals surface area (Å²) >= 11 is 5.82. The quantitative estimate of drug-likeness (QED) is 0.930. The number of rotatable bonds is 3. The van der Waals surface area contributed by atoms with Crippen LogP contribution in [0.15, 0.2) is 24.4 Å². The molecule has 0 amide bonds. The first kappa shape index (κ1) is 12.7. The molecule has 0 aliphatic carbocycles. The Morgan fingerprint density at radius 2 is 2.22 bits per heavy atom. The van der Waals surface area contributed by atoms with Crippen LogP contribution in [-0.4, -0.2) is 15.1 Å². The third kappa shape index (κ3) is 2.75. The summed E-state index contributed by atoms with van der Waals surface area (Å²) < 4.78 is 18.2. The molecule has 0 aliphatic rings. The Labute approximate surface area is 108 Å². The second-order valence-electron chi connectivity index (χ2n) is 3.60. The van der Waals surface area contributed by atoms with Crippen molar-refractivity contribution in [2.75, 3.05) is 0 Å². The van der Waals surface area contributed by atoms with Gasteiger partial charge in [-0.3, -0.25) is 0 Å². The summed E-state index contributed by atoms with van der Waals surface area (Å²) in [6.07, 6.45) is 1.47. The lowest BCUT2D eigenvalue weighted by atomic mass is 10.3. The molecule has 0 bridgehead atoms. The molecule has 18 heavy (non-hydrogen) atoms. The molecule has 0 saturated carbocycles. The maximum absolute atomic E-state index is 12.9. The number of aliphatic hydroxyl groups is 1. The minimum absolute atomic E-state index is 0.0956. The van der Waals surface area contributed by atoms with E-state index in [1.807, 2.05) is 0 Å². The van der Waals surface area contributed by atoms with Gasteiger partial charge in [0.05, 0.1) is 17.3 Å². The average Bonchev–Trinajstić information content (AvgIpc) is 2.33. The molecule has 1 heterocycles. The van der Waals surface area contributed by atoms with Crippen LogP contribution < -0.4 is 4.74 Å². The number of nitrogens with zero attached hydrogens (tertiary/aromatic N) is 2. The van der Waals surface area contributed by atoms with Crippen LogP contribution in [0.1, 0.15) is 11.3 Å². The molecule has 94 valence electrons. The maximum atomic E-state index is 12.9. The molecule has 0 radical (unpaired) electrons. The highest BCUT2D eigenvalue weighted by molar-refractivity contribution is 6.32. The molecule has 0 unspecified atom stereocenters. The van der Waals surface area contributed by atoms with Gasteiger partial charge in [-0.05, 0) is 25.1 Å². The fourth-order valence-electron chi connectivity index (χ4n) is 1.33. The Morgan fingerprint density at radius 3 is 2.83 bits per heavy atom. The molecule has 0 atom stereocenters. The van der Waals surface area contributed by atoms with E-state index in [1.165, 1.54) is 18.3 Å². The lowest BCUT2D eigenvalue weighted by Crippen LogP contribution is -1.98. The Balaban J connectivity index is 2.26. The molecule has 1 aromatic heterocycles. The smallest absolute Gasteiger partial charge is 0.322 e. The van der Waals surface area contributed by atoms with Gasteiger partial charge >= 0.3 is 6.01 Å². The van der Waals surface area contributed by atoms with E-state index in [-0.39, 0.29) is 23.4 Å². The van der Waals surface area contributed by atoms with Crippen molar-refractivity contribution in [2.24, 2.45) is 0 Å². The van der Waals surface area contributed by atoms with Crippen LogP contribution in [0.3, 0.4) is 0 Å². The number of hydrogen-bond donors (Lipinski definition) is 1. The summed E-state index contributed by atoms with van der Waals surface area (Å²) in [5.41, 5.74) is 1.23. The molecule has 0 aliphatic heterocycles. The van der Waals surface area contributed by atoms with Crippen LogP contribution in [0.2, 0.25) is 5.02 Å². The van der Waals surface area contributed by atoms with Gasteiger partial charge in [0.25, 0.3) is 0 Å². The highest BCUT2D eigenvalue weighted by Gasteiger charge is 2.08. The van der Waals surface area contributed by atoms with Gasteiger partial charge < -0.3 is 9.84 Å². The van der Waals surface area contributed by atoms with Gasteiger partial charge in [-0.1, -0.05) is 11.6 Å². The zero-order chi connectivity index (χ0) is 13.1. The van der Waals surface area contributed by atoms with E-state index < -0.39 is 5.82 Å². The number of benzene rings is 1. The van der Waals surface area contributed by atoms with E-state index in [2.05, 4.69) is 9.97 Å². The molecule has 0 spiro atoms. The van der Waals surface area contributed by atoms with E-state index >= 15 is 0 Å². The summed E-state index contributed by atoms with van der Waals surface area (Å²) in [6.45, 7) is 1.59. The maximum Gasteiger partial charge on any atom is 0.322 e. The molecule has 0 saturated heterocycles. The van der Waals surface area contributed by atoms with Gasteiger partial charge in [0.15, 0.2) is 0 Å². The first-order valence-electron chi connectivity index (χ1n) is 5.16. The standard InChI is InChI=1S/C12H10ClFN2O2/c1-7-8(6-17)5-15-12(16-7)18-11-3-2-9(14)4-10(11)13/h2-5,17H,6H2,1H3. The predicted molar refractivity (Wildman–Crippen MR) is 64.2 cm³/mol. The van der Waals surface area contributed by atoms with Crippen LogP contribution in [0, 0.1) is 12.7 Å². The van der Waals surface area contributed by atoms with Crippen molar-refractivity contribution in [3.63, 3.8) is 0 Å². The second kappa shape index (κ2) is 5.29. The van der Waals surface area contributed by atoms with Crippen molar-refractivity contribution in [2.45, 2.75) is 13.5 Å². The molecular weight excluding hydrogens is 259 g/mol. The minimum atomic E-state index is -0.444. The molecule has 6 heteroatoms. The van der Waals surface area contributed by atoms with Gasteiger partial charge in [0.1, 0.15) is 11.6 Å². The molecule has 1 aromatic carbocycles. The Kier molecular flexibility index (Phi) is 3.74. The SMILES string of the molecule is Cc1nc(Oc2ccc(F)cc2Cl)ncc1CO. The van der Waals surface area contributed by atoms with Crippen molar-refractivity contribution in [1.82, 2.24) is 9.97 Å². The largest absolute Gasteiger partial charge is 0.423 e. The van der Waals surface area contributed by atoms with Crippen LogP contribution in [0.25, 0.3) is 0 Å². The van der Waals surface area contributed by atoms with Crippen LogP contribution >= 0.6 is 11.6 Å². The molecular formula is C12H10ClFN2O2. The van der Waals surface area contributed by atoms with Crippen LogP contribution in [0.5, 0.6) is 11.8 Å². The van der Waals surface area contributed by atoms with E-state index in [1.54, 1.807) is 6.92 Å². The van der Waals surface area contributed by atoms with E-state index in [4.69, 9.17) is 21.4 Å². The number of aromatic nitrogens is 2. The number of aryl methyl sites for hydroxylation is 1. The van der Waals surface area contributed by atoms with E-state index in [0.29, 0.717) is 11.3 Å². The Bertz CT molecular complexity index is 578. The Hall–Kier alpha value is -1.72. The number of halogens is 2. The Morgan fingerprint density at radius 1 is 1.44 bits per heavy atom.